The Morgan fingerprint density at radius 3 is 2.83 bits per heavy atom. The SMILES string of the molecule is CCOC(=O)c1cnc2[nH]ccc2c1N[C@H]1CCN(C(=O)OC(C)(C)C)C[C@H]1F. The minimum Gasteiger partial charge on any atom is -0.462 e. The normalized spacial score (nSPS) is 19.8. The zero-order valence-corrected chi connectivity index (χ0v) is 17.1. The van der Waals surface area contributed by atoms with Gasteiger partial charge in [0.05, 0.1) is 24.9 Å². The summed E-state index contributed by atoms with van der Waals surface area (Å²) in [5, 5.41) is 3.84. The average Bonchev–Trinajstić information content (AvgIpc) is 3.11. The summed E-state index contributed by atoms with van der Waals surface area (Å²) >= 11 is 0. The number of anilines is 1. The number of amides is 1. The van der Waals surface area contributed by atoms with Gasteiger partial charge in [0, 0.05) is 24.3 Å². The van der Waals surface area contributed by atoms with Crippen molar-refractivity contribution in [2.75, 3.05) is 25.0 Å². The number of rotatable bonds is 4. The van der Waals surface area contributed by atoms with Gasteiger partial charge in [0.25, 0.3) is 0 Å². The highest BCUT2D eigenvalue weighted by Gasteiger charge is 2.34. The third-order valence-corrected chi connectivity index (χ3v) is 4.60. The lowest BCUT2D eigenvalue weighted by molar-refractivity contribution is 0.0125. The second-order valence-corrected chi connectivity index (χ2v) is 7.99. The summed E-state index contributed by atoms with van der Waals surface area (Å²) in [5.74, 6) is -0.521. The number of piperidine rings is 1. The van der Waals surface area contributed by atoms with Gasteiger partial charge in [-0.25, -0.2) is 19.0 Å². The molecule has 1 saturated heterocycles. The smallest absolute Gasteiger partial charge is 0.410 e. The Bertz CT molecular complexity index is 892. The van der Waals surface area contributed by atoms with Crippen LogP contribution in [0.25, 0.3) is 11.0 Å². The molecule has 29 heavy (non-hydrogen) atoms. The molecular weight excluding hydrogens is 379 g/mol. The Kier molecular flexibility index (Phi) is 5.95. The van der Waals surface area contributed by atoms with Gasteiger partial charge in [-0.1, -0.05) is 0 Å². The van der Waals surface area contributed by atoms with Crippen molar-refractivity contribution < 1.29 is 23.5 Å². The number of ether oxygens (including phenoxy) is 2. The molecule has 8 nitrogen and oxygen atoms in total. The Hall–Kier alpha value is -2.84. The van der Waals surface area contributed by atoms with Crippen LogP contribution >= 0.6 is 0 Å². The van der Waals surface area contributed by atoms with Gasteiger partial charge in [-0.2, -0.15) is 0 Å². The van der Waals surface area contributed by atoms with Crippen LogP contribution in [0.3, 0.4) is 0 Å². The van der Waals surface area contributed by atoms with Crippen molar-refractivity contribution in [3.63, 3.8) is 0 Å². The molecule has 2 atom stereocenters. The van der Waals surface area contributed by atoms with E-state index in [4.69, 9.17) is 9.47 Å². The molecule has 0 radical (unpaired) electrons. The molecule has 0 spiro atoms. The molecule has 1 aliphatic heterocycles. The van der Waals surface area contributed by atoms with E-state index in [1.807, 2.05) is 0 Å². The fourth-order valence-corrected chi connectivity index (χ4v) is 3.27. The van der Waals surface area contributed by atoms with E-state index in [1.54, 1.807) is 40.0 Å². The monoisotopic (exact) mass is 406 g/mol. The lowest BCUT2D eigenvalue weighted by Crippen LogP contribution is -2.51. The van der Waals surface area contributed by atoms with E-state index in [2.05, 4.69) is 15.3 Å². The first-order valence-electron chi connectivity index (χ1n) is 9.71. The molecule has 158 valence electrons. The maximum absolute atomic E-state index is 14.9. The fourth-order valence-electron chi connectivity index (χ4n) is 3.27. The Morgan fingerprint density at radius 2 is 2.17 bits per heavy atom. The highest BCUT2D eigenvalue weighted by atomic mass is 19.1. The van der Waals surface area contributed by atoms with Crippen molar-refractivity contribution in [1.29, 1.82) is 0 Å². The molecule has 0 aliphatic carbocycles. The zero-order valence-electron chi connectivity index (χ0n) is 17.1. The molecule has 1 fully saturated rings. The largest absolute Gasteiger partial charge is 0.462 e. The summed E-state index contributed by atoms with van der Waals surface area (Å²) in [5.41, 5.74) is 0.680. The minimum absolute atomic E-state index is 0.0807. The lowest BCUT2D eigenvalue weighted by atomic mass is 10.0. The highest BCUT2D eigenvalue weighted by Crippen LogP contribution is 2.29. The minimum atomic E-state index is -1.33. The highest BCUT2D eigenvalue weighted by molar-refractivity contribution is 6.04. The van der Waals surface area contributed by atoms with Crippen molar-refractivity contribution in [1.82, 2.24) is 14.9 Å². The number of H-pyrrole nitrogens is 1. The van der Waals surface area contributed by atoms with E-state index in [1.165, 1.54) is 11.1 Å². The van der Waals surface area contributed by atoms with Crippen LogP contribution < -0.4 is 5.32 Å². The number of alkyl halides is 1. The average molecular weight is 406 g/mol. The fraction of sp³-hybridized carbons (Fsp3) is 0.550. The van der Waals surface area contributed by atoms with E-state index < -0.39 is 29.9 Å². The van der Waals surface area contributed by atoms with E-state index >= 15 is 0 Å². The number of carbonyl (C=O) groups excluding carboxylic acids is 2. The van der Waals surface area contributed by atoms with Gasteiger partial charge in [0.1, 0.15) is 23.0 Å². The standard InChI is InChI=1S/C20H27FN4O4/c1-5-28-18(26)13-10-23-17-12(6-8-22-17)16(13)24-15-7-9-25(11-14(15)21)19(27)29-20(2,3)4/h6,8,10,14-15H,5,7,9,11H2,1-4H3,(H2,22,23,24)/t14-,15+/m1/s1. The number of aromatic nitrogens is 2. The number of hydrogen-bond acceptors (Lipinski definition) is 6. The summed E-state index contributed by atoms with van der Waals surface area (Å²) in [4.78, 5) is 33.2. The van der Waals surface area contributed by atoms with Crippen molar-refractivity contribution in [3.8, 4) is 0 Å². The molecule has 0 bridgehead atoms. The number of pyridine rings is 1. The summed E-state index contributed by atoms with van der Waals surface area (Å²) in [6.07, 6.45) is 1.64. The van der Waals surface area contributed by atoms with Gasteiger partial charge in [-0.05, 0) is 40.2 Å². The third kappa shape index (κ3) is 4.78. The van der Waals surface area contributed by atoms with Crippen molar-refractivity contribution in [2.24, 2.45) is 0 Å². The van der Waals surface area contributed by atoms with Crippen molar-refractivity contribution in [3.05, 3.63) is 24.0 Å². The zero-order chi connectivity index (χ0) is 21.2. The van der Waals surface area contributed by atoms with E-state index in [0.29, 0.717) is 29.7 Å². The molecule has 2 aromatic heterocycles. The Morgan fingerprint density at radius 1 is 1.41 bits per heavy atom. The third-order valence-electron chi connectivity index (χ3n) is 4.60. The number of aromatic amines is 1. The van der Waals surface area contributed by atoms with Crippen molar-refractivity contribution >= 4 is 28.8 Å². The number of hydrogen-bond donors (Lipinski definition) is 2. The number of fused-ring (bicyclic) bond motifs is 1. The number of likely N-dealkylation sites (tertiary alicyclic amines) is 1. The lowest BCUT2D eigenvalue weighted by Gasteiger charge is -2.36. The molecule has 2 aromatic rings. The first-order chi connectivity index (χ1) is 13.7. The molecule has 1 aliphatic rings. The van der Waals surface area contributed by atoms with Crippen LogP contribution in [0, 0.1) is 0 Å². The van der Waals surface area contributed by atoms with Gasteiger partial charge in [0.15, 0.2) is 0 Å². The van der Waals surface area contributed by atoms with Crippen LogP contribution in [-0.4, -0.2) is 64.4 Å². The predicted molar refractivity (Wildman–Crippen MR) is 107 cm³/mol. The van der Waals surface area contributed by atoms with E-state index in [9.17, 15) is 14.0 Å². The topological polar surface area (TPSA) is 96.5 Å². The first kappa shape index (κ1) is 20.9. The van der Waals surface area contributed by atoms with Gasteiger partial charge in [-0.3, -0.25) is 0 Å². The number of carbonyl (C=O) groups is 2. The quantitative estimate of drug-likeness (QED) is 0.755. The number of esters is 1. The molecule has 0 aromatic carbocycles. The Labute approximate surface area is 168 Å². The number of halogens is 1. The maximum Gasteiger partial charge on any atom is 0.410 e. The molecule has 1 amide bonds. The van der Waals surface area contributed by atoms with Crippen LogP contribution in [0.1, 0.15) is 44.5 Å². The molecular formula is C20H27FN4O4. The number of nitrogens with zero attached hydrogens (tertiary/aromatic N) is 2. The Balaban J connectivity index is 1.78. The van der Waals surface area contributed by atoms with Gasteiger partial charge >= 0.3 is 12.1 Å². The maximum atomic E-state index is 14.9. The van der Waals surface area contributed by atoms with Gasteiger partial charge < -0.3 is 24.7 Å². The molecule has 9 heteroatoms. The van der Waals surface area contributed by atoms with E-state index in [-0.39, 0.29) is 18.7 Å². The molecule has 2 N–H and O–H groups in total. The number of nitrogens with one attached hydrogen (secondary N) is 2. The summed E-state index contributed by atoms with van der Waals surface area (Å²) in [6.45, 7) is 7.53. The van der Waals surface area contributed by atoms with Crippen LogP contribution in [0.4, 0.5) is 14.9 Å². The van der Waals surface area contributed by atoms with Crippen LogP contribution in [0.5, 0.6) is 0 Å². The van der Waals surface area contributed by atoms with Crippen LogP contribution in [0.2, 0.25) is 0 Å². The molecule has 0 unspecified atom stereocenters. The van der Waals surface area contributed by atoms with Crippen molar-refractivity contribution in [2.45, 2.75) is 51.9 Å². The molecule has 0 saturated carbocycles. The summed E-state index contributed by atoms with van der Waals surface area (Å²) < 4.78 is 25.4. The molecule has 3 rings (SSSR count). The predicted octanol–water partition coefficient (Wildman–Crippen LogP) is 3.50. The summed E-state index contributed by atoms with van der Waals surface area (Å²) in [7, 11) is 0. The van der Waals surface area contributed by atoms with Crippen LogP contribution in [0.15, 0.2) is 18.5 Å². The summed E-state index contributed by atoms with van der Waals surface area (Å²) in [6, 6.07) is 1.21. The van der Waals surface area contributed by atoms with Gasteiger partial charge in [-0.15, -0.1) is 0 Å². The van der Waals surface area contributed by atoms with Crippen LogP contribution in [-0.2, 0) is 9.47 Å². The first-order valence-corrected chi connectivity index (χ1v) is 9.71. The second kappa shape index (κ2) is 8.26. The molecule has 3 heterocycles. The second-order valence-electron chi connectivity index (χ2n) is 7.99. The van der Waals surface area contributed by atoms with Gasteiger partial charge in [0.2, 0.25) is 0 Å². The van der Waals surface area contributed by atoms with E-state index in [0.717, 1.165) is 0 Å².